The van der Waals surface area contributed by atoms with E-state index in [9.17, 15) is 5.11 Å². The zero-order chi connectivity index (χ0) is 8.74. The standard InChI is InChI=1S/C8H18O3/c1-8(2,9)7-11-6-4-5-10-3/h9H,4-7H2,1-3H3. The summed E-state index contributed by atoms with van der Waals surface area (Å²) < 4.78 is 10.0. The predicted octanol–water partition coefficient (Wildman–Crippen LogP) is 0.810. The van der Waals surface area contributed by atoms with Crippen molar-refractivity contribution in [3.63, 3.8) is 0 Å². The Morgan fingerprint density at radius 3 is 2.36 bits per heavy atom. The molecule has 11 heavy (non-hydrogen) atoms. The maximum atomic E-state index is 9.22. The van der Waals surface area contributed by atoms with Gasteiger partial charge < -0.3 is 14.6 Å². The van der Waals surface area contributed by atoms with Crippen molar-refractivity contribution in [3.8, 4) is 0 Å². The Morgan fingerprint density at radius 2 is 1.91 bits per heavy atom. The highest BCUT2D eigenvalue weighted by molar-refractivity contribution is 4.62. The number of rotatable bonds is 6. The minimum Gasteiger partial charge on any atom is -0.388 e. The molecule has 0 saturated carbocycles. The van der Waals surface area contributed by atoms with Gasteiger partial charge in [-0.05, 0) is 20.3 Å². The van der Waals surface area contributed by atoms with Crippen LogP contribution in [0.4, 0.5) is 0 Å². The Balaban J connectivity index is 3.02. The lowest BCUT2D eigenvalue weighted by Crippen LogP contribution is -2.26. The third-order valence-electron chi connectivity index (χ3n) is 1.09. The molecular formula is C8H18O3. The van der Waals surface area contributed by atoms with Crippen LogP contribution in [0.25, 0.3) is 0 Å². The molecule has 0 heterocycles. The molecule has 0 fully saturated rings. The molecule has 0 aliphatic rings. The van der Waals surface area contributed by atoms with Crippen LogP contribution in [0.15, 0.2) is 0 Å². The summed E-state index contributed by atoms with van der Waals surface area (Å²) in [5.74, 6) is 0. The first-order chi connectivity index (χ1) is 5.06. The molecule has 0 aromatic carbocycles. The third-order valence-corrected chi connectivity index (χ3v) is 1.09. The van der Waals surface area contributed by atoms with E-state index in [1.807, 2.05) is 0 Å². The molecule has 3 heteroatoms. The summed E-state index contributed by atoms with van der Waals surface area (Å²) in [6.07, 6.45) is 0.882. The van der Waals surface area contributed by atoms with E-state index in [1.165, 1.54) is 0 Å². The number of methoxy groups -OCH3 is 1. The Morgan fingerprint density at radius 1 is 1.27 bits per heavy atom. The van der Waals surface area contributed by atoms with E-state index in [-0.39, 0.29) is 0 Å². The van der Waals surface area contributed by atoms with Crippen LogP contribution in [-0.4, -0.2) is 37.6 Å². The van der Waals surface area contributed by atoms with E-state index in [1.54, 1.807) is 21.0 Å². The molecular weight excluding hydrogens is 144 g/mol. The van der Waals surface area contributed by atoms with Gasteiger partial charge >= 0.3 is 0 Å². The maximum absolute atomic E-state index is 9.22. The molecule has 1 N–H and O–H groups in total. The average molecular weight is 162 g/mol. The molecule has 0 aliphatic carbocycles. The molecule has 68 valence electrons. The summed E-state index contributed by atoms with van der Waals surface area (Å²) in [4.78, 5) is 0. The largest absolute Gasteiger partial charge is 0.388 e. The highest BCUT2D eigenvalue weighted by Gasteiger charge is 2.11. The van der Waals surface area contributed by atoms with Gasteiger partial charge in [-0.15, -0.1) is 0 Å². The molecule has 3 nitrogen and oxygen atoms in total. The fourth-order valence-corrected chi connectivity index (χ4v) is 0.627. The smallest absolute Gasteiger partial charge is 0.0824 e. The number of ether oxygens (including phenoxy) is 2. The molecule has 0 spiro atoms. The van der Waals surface area contributed by atoms with Gasteiger partial charge in [0, 0.05) is 20.3 Å². The van der Waals surface area contributed by atoms with Gasteiger partial charge in [0.15, 0.2) is 0 Å². The second-order valence-corrected chi connectivity index (χ2v) is 3.21. The molecule has 0 aromatic rings. The predicted molar refractivity (Wildman–Crippen MR) is 43.6 cm³/mol. The summed E-state index contributed by atoms with van der Waals surface area (Å²) in [6.45, 7) is 5.20. The van der Waals surface area contributed by atoms with Crippen LogP contribution in [0.1, 0.15) is 20.3 Å². The van der Waals surface area contributed by atoms with E-state index in [0.717, 1.165) is 6.42 Å². The van der Waals surface area contributed by atoms with Crippen LogP contribution in [-0.2, 0) is 9.47 Å². The monoisotopic (exact) mass is 162 g/mol. The van der Waals surface area contributed by atoms with Crippen LogP contribution in [0.5, 0.6) is 0 Å². The molecule has 0 aromatic heterocycles. The lowest BCUT2D eigenvalue weighted by molar-refractivity contribution is -0.0245. The van der Waals surface area contributed by atoms with Gasteiger partial charge in [-0.25, -0.2) is 0 Å². The van der Waals surface area contributed by atoms with Crippen molar-refractivity contribution in [3.05, 3.63) is 0 Å². The molecule has 0 aliphatic heterocycles. The topological polar surface area (TPSA) is 38.7 Å². The van der Waals surface area contributed by atoms with Crippen LogP contribution < -0.4 is 0 Å². The van der Waals surface area contributed by atoms with Crippen molar-refractivity contribution in [1.29, 1.82) is 0 Å². The average Bonchev–Trinajstić information content (AvgIpc) is 1.85. The number of aliphatic hydroxyl groups is 1. The van der Waals surface area contributed by atoms with Gasteiger partial charge in [0.05, 0.1) is 12.2 Å². The van der Waals surface area contributed by atoms with Crippen LogP contribution in [0.2, 0.25) is 0 Å². The van der Waals surface area contributed by atoms with E-state index >= 15 is 0 Å². The molecule has 0 amide bonds. The molecule has 0 unspecified atom stereocenters. The van der Waals surface area contributed by atoms with E-state index in [0.29, 0.717) is 19.8 Å². The highest BCUT2D eigenvalue weighted by Crippen LogP contribution is 2.00. The Labute approximate surface area is 68.3 Å². The number of hydrogen-bond acceptors (Lipinski definition) is 3. The lowest BCUT2D eigenvalue weighted by Gasteiger charge is -2.16. The minimum atomic E-state index is -0.715. The highest BCUT2D eigenvalue weighted by atomic mass is 16.5. The van der Waals surface area contributed by atoms with Crippen molar-refractivity contribution in [2.75, 3.05) is 26.9 Å². The molecule has 0 bridgehead atoms. The molecule has 0 atom stereocenters. The molecule has 0 radical (unpaired) electrons. The summed E-state index contributed by atoms with van der Waals surface area (Å²) in [6, 6.07) is 0. The first kappa shape index (κ1) is 10.9. The van der Waals surface area contributed by atoms with E-state index in [2.05, 4.69) is 0 Å². The SMILES string of the molecule is COCCCOCC(C)(C)O. The fraction of sp³-hybridized carbons (Fsp3) is 1.00. The van der Waals surface area contributed by atoms with Gasteiger partial charge in [-0.2, -0.15) is 0 Å². The normalized spacial score (nSPS) is 12.0. The summed E-state index contributed by atoms with van der Waals surface area (Å²) in [7, 11) is 1.66. The van der Waals surface area contributed by atoms with Gasteiger partial charge in [0.2, 0.25) is 0 Å². The van der Waals surface area contributed by atoms with Crippen molar-refractivity contribution in [2.45, 2.75) is 25.9 Å². The van der Waals surface area contributed by atoms with Crippen LogP contribution in [0.3, 0.4) is 0 Å². The first-order valence-electron chi connectivity index (χ1n) is 3.85. The summed E-state index contributed by atoms with van der Waals surface area (Å²) >= 11 is 0. The van der Waals surface area contributed by atoms with E-state index in [4.69, 9.17) is 9.47 Å². The van der Waals surface area contributed by atoms with E-state index < -0.39 is 5.60 Å². The van der Waals surface area contributed by atoms with Gasteiger partial charge in [0.25, 0.3) is 0 Å². The van der Waals surface area contributed by atoms with Crippen molar-refractivity contribution < 1.29 is 14.6 Å². The molecule has 0 rings (SSSR count). The van der Waals surface area contributed by atoms with Crippen molar-refractivity contribution in [1.82, 2.24) is 0 Å². The summed E-state index contributed by atoms with van der Waals surface area (Å²) in [5, 5.41) is 9.22. The quantitative estimate of drug-likeness (QED) is 0.587. The zero-order valence-corrected chi connectivity index (χ0v) is 7.59. The zero-order valence-electron chi connectivity index (χ0n) is 7.59. The Kier molecular flexibility index (Phi) is 5.46. The first-order valence-corrected chi connectivity index (χ1v) is 3.85. The van der Waals surface area contributed by atoms with Crippen molar-refractivity contribution in [2.24, 2.45) is 0 Å². The Bertz CT molecular complexity index is 85.8. The maximum Gasteiger partial charge on any atom is 0.0824 e. The van der Waals surface area contributed by atoms with Gasteiger partial charge in [-0.1, -0.05) is 0 Å². The van der Waals surface area contributed by atoms with Crippen LogP contribution >= 0.6 is 0 Å². The summed E-state index contributed by atoms with van der Waals surface area (Å²) in [5.41, 5.74) is -0.715. The second-order valence-electron chi connectivity index (χ2n) is 3.21. The second kappa shape index (κ2) is 5.52. The van der Waals surface area contributed by atoms with Gasteiger partial charge in [0.1, 0.15) is 0 Å². The fourth-order valence-electron chi connectivity index (χ4n) is 0.627. The van der Waals surface area contributed by atoms with Crippen molar-refractivity contribution >= 4 is 0 Å². The molecule has 0 saturated heterocycles. The van der Waals surface area contributed by atoms with Crippen LogP contribution in [0, 0.1) is 0 Å². The minimum absolute atomic E-state index is 0.386. The number of hydrogen-bond donors (Lipinski definition) is 1. The Hall–Kier alpha value is -0.120. The van der Waals surface area contributed by atoms with Gasteiger partial charge in [-0.3, -0.25) is 0 Å². The third kappa shape index (κ3) is 9.88. The lowest BCUT2D eigenvalue weighted by atomic mass is 10.2.